The number of hydrogen-bond donors (Lipinski definition) is 1. The average Bonchev–Trinajstić information content (AvgIpc) is 3.12. The number of fused-ring (bicyclic) bond motifs is 1. The number of carbonyl (C=O) groups is 2. The molecule has 3 rings (SSSR count). The minimum atomic E-state index is -4.45. The molecule has 0 saturated carbocycles. The van der Waals surface area contributed by atoms with E-state index in [-0.39, 0.29) is 40.6 Å². The lowest BCUT2D eigenvalue weighted by atomic mass is 9.93. The zero-order valence-corrected chi connectivity index (χ0v) is 19.9. The van der Waals surface area contributed by atoms with Gasteiger partial charge in [0, 0.05) is 38.9 Å². The van der Waals surface area contributed by atoms with Crippen molar-refractivity contribution in [3.63, 3.8) is 0 Å². The Morgan fingerprint density at radius 1 is 1.30 bits per heavy atom. The summed E-state index contributed by atoms with van der Waals surface area (Å²) in [5.41, 5.74) is -1.09. The summed E-state index contributed by atoms with van der Waals surface area (Å²) in [6, 6.07) is 0. The van der Waals surface area contributed by atoms with Gasteiger partial charge in [-0.05, 0) is 33.6 Å². The van der Waals surface area contributed by atoms with Crippen LogP contribution >= 0.6 is 11.3 Å². The second-order valence-electron chi connectivity index (χ2n) is 8.64. The highest BCUT2D eigenvalue weighted by molar-refractivity contribution is 7.18. The van der Waals surface area contributed by atoms with Gasteiger partial charge in [0.05, 0.1) is 17.6 Å². The molecular formula is C21H29F4N3O4S. The van der Waals surface area contributed by atoms with Gasteiger partial charge in [-0.15, -0.1) is 11.3 Å². The molecule has 0 radical (unpaired) electrons. The molecule has 33 heavy (non-hydrogen) atoms. The fourth-order valence-electron chi connectivity index (χ4n) is 4.24. The molecule has 1 aromatic rings. The molecule has 2 atom stereocenters. The Labute approximate surface area is 193 Å². The molecule has 1 aromatic heterocycles. The topological polar surface area (TPSA) is 73.3 Å². The first kappa shape index (κ1) is 25.7. The molecular weight excluding hydrogens is 466 g/mol. The summed E-state index contributed by atoms with van der Waals surface area (Å²) in [6.07, 6.45) is -7.73. The van der Waals surface area contributed by atoms with Gasteiger partial charge in [-0.25, -0.2) is 4.39 Å². The molecule has 0 spiro atoms. The molecule has 7 nitrogen and oxygen atoms in total. The maximum atomic E-state index is 14.8. The van der Waals surface area contributed by atoms with Crippen LogP contribution in [0.25, 0.3) is 0 Å². The van der Waals surface area contributed by atoms with Crippen molar-refractivity contribution >= 4 is 28.2 Å². The molecule has 2 unspecified atom stereocenters. The quantitative estimate of drug-likeness (QED) is 0.606. The zero-order valence-electron chi connectivity index (χ0n) is 19.0. The molecule has 1 N–H and O–H groups in total. The smallest absolute Gasteiger partial charge is 0.390 e. The standard InChI is InChI=1S/C21H29F4N3O4S/c1-5-27-16(29)14-13(12(2)22)15(17(30)26-9-6-20(3,31)7-10-26)33-18(14)28(19(27)32-4)11-8-21(23,24)25/h12,19,31H,5-11H2,1-4H3. The van der Waals surface area contributed by atoms with Crippen molar-refractivity contribution in [1.29, 1.82) is 0 Å². The Kier molecular flexibility index (Phi) is 7.30. The van der Waals surface area contributed by atoms with E-state index >= 15 is 0 Å². The number of thiophene rings is 1. The highest BCUT2D eigenvalue weighted by Crippen LogP contribution is 2.46. The van der Waals surface area contributed by atoms with Crippen molar-refractivity contribution in [1.82, 2.24) is 9.80 Å². The van der Waals surface area contributed by atoms with Crippen LogP contribution in [0.4, 0.5) is 22.6 Å². The zero-order chi connectivity index (χ0) is 24.7. The van der Waals surface area contributed by atoms with Gasteiger partial charge >= 0.3 is 6.18 Å². The number of ether oxygens (including phenoxy) is 1. The fourth-order valence-corrected chi connectivity index (χ4v) is 5.62. The Bertz CT molecular complexity index is 893. The molecule has 1 saturated heterocycles. The van der Waals surface area contributed by atoms with E-state index in [1.54, 1.807) is 13.8 Å². The number of rotatable bonds is 6. The van der Waals surface area contributed by atoms with Crippen LogP contribution in [0.2, 0.25) is 0 Å². The third-order valence-electron chi connectivity index (χ3n) is 6.10. The van der Waals surface area contributed by atoms with Gasteiger partial charge in [-0.1, -0.05) is 0 Å². The Morgan fingerprint density at radius 3 is 2.39 bits per heavy atom. The molecule has 3 heterocycles. The van der Waals surface area contributed by atoms with Crippen LogP contribution in [0.3, 0.4) is 0 Å². The first-order valence-electron chi connectivity index (χ1n) is 10.8. The van der Waals surface area contributed by atoms with E-state index in [1.165, 1.54) is 28.7 Å². The lowest BCUT2D eigenvalue weighted by Crippen LogP contribution is -2.56. The number of aliphatic hydroxyl groups is 1. The van der Waals surface area contributed by atoms with E-state index in [4.69, 9.17) is 4.74 Å². The fraction of sp³-hybridized carbons (Fsp3) is 0.714. The number of halogens is 4. The van der Waals surface area contributed by atoms with Gasteiger partial charge in [-0.2, -0.15) is 13.2 Å². The lowest BCUT2D eigenvalue weighted by molar-refractivity contribution is -0.134. The van der Waals surface area contributed by atoms with Crippen molar-refractivity contribution in [2.45, 2.75) is 64.3 Å². The Morgan fingerprint density at radius 2 is 1.91 bits per heavy atom. The predicted molar refractivity (Wildman–Crippen MR) is 115 cm³/mol. The monoisotopic (exact) mass is 495 g/mol. The van der Waals surface area contributed by atoms with Crippen LogP contribution in [0.1, 0.15) is 71.8 Å². The average molecular weight is 496 g/mol. The number of nitrogens with zero attached hydrogens (tertiary/aromatic N) is 3. The van der Waals surface area contributed by atoms with E-state index in [1.807, 2.05) is 0 Å². The number of anilines is 1. The number of alkyl halides is 4. The van der Waals surface area contributed by atoms with Crippen LogP contribution in [0, 0.1) is 0 Å². The summed E-state index contributed by atoms with van der Waals surface area (Å²) in [6.45, 7) is 4.64. The highest BCUT2D eigenvalue weighted by atomic mass is 32.1. The number of carbonyl (C=O) groups excluding carboxylic acids is 2. The normalized spacial score (nSPS) is 21.9. The largest absolute Gasteiger partial charge is 0.390 e. The summed E-state index contributed by atoms with van der Waals surface area (Å²) < 4.78 is 59.3. The molecule has 2 amide bonds. The second kappa shape index (κ2) is 9.38. The van der Waals surface area contributed by atoms with Crippen molar-refractivity contribution in [3.05, 3.63) is 16.0 Å². The Balaban J connectivity index is 2.08. The van der Waals surface area contributed by atoms with Crippen molar-refractivity contribution in [3.8, 4) is 0 Å². The summed E-state index contributed by atoms with van der Waals surface area (Å²) in [7, 11) is 1.28. The van der Waals surface area contributed by atoms with Gasteiger partial charge in [0.2, 0.25) is 6.35 Å². The van der Waals surface area contributed by atoms with Crippen LogP contribution < -0.4 is 4.90 Å². The molecule has 0 aliphatic carbocycles. The van der Waals surface area contributed by atoms with E-state index < -0.39 is 49.1 Å². The molecule has 186 valence electrons. The van der Waals surface area contributed by atoms with Crippen molar-refractivity contribution in [2.24, 2.45) is 0 Å². The summed E-state index contributed by atoms with van der Waals surface area (Å²) >= 11 is 0.823. The summed E-state index contributed by atoms with van der Waals surface area (Å²) in [4.78, 5) is 30.6. The third-order valence-corrected chi connectivity index (χ3v) is 7.33. The minimum Gasteiger partial charge on any atom is -0.390 e. The summed E-state index contributed by atoms with van der Waals surface area (Å²) in [5.74, 6) is -1.08. The summed E-state index contributed by atoms with van der Waals surface area (Å²) in [5, 5.41) is 10.3. The van der Waals surface area contributed by atoms with E-state index in [9.17, 15) is 32.3 Å². The van der Waals surface area contributed by atoms with Gasteiger partial charge in [-0.3, -0.25) is 14.5 Å². The molecule has 0 aromatic carbocycles. The number of likely N-dealkylation sites (tertiary alicyclic amines) is 1. The van der Waals surface area contributed by atoms with Gasteiger partial charge in [0.1, 0.15) is 16.0 Å². The van der Waals surface area contributed by atoms with E-state index in [2.05, 4.69) is 0 Å². The Hall–Kier alpha value is -1.92. The molecule has 2 aliphatic heterocycles. The molecule has 12 heteroatoms. The SMILES string of the molecule is CCN1C(=O)c2c(sc(C(=O)N3CCC(C)(O)CC3)c2C(C)F)N(CCC(F)(F)F)C1OC. The second-order valence-corrected chi connectivity index (χ2v) is 9.64. The maximum absolute atomic E-state index is 14.8. The number of piperidine rings is 1. The molecule has 1 fully saturated rings. The van der Waals surface area contributed by atoms with Crippen LogP contribution in [-0.4, -0.2) is 78.1 Å². The number of hydrogen-bond acceptors (Lipinski definition) is 6. The number of methoxy groups -OCH3 is 1. The van der Waals surface area contributed by atoms with Gasteiger partial charge < -0.3 is 19.6 Å². The minimum absolute atomic E-state index is 0.00490. The highest BCUT2D eigenvalue weighted by Gasteiger charge is 2.45. The molecule has 2 aliphatic rings. The maximum Gasteiger partial charge on any atom is 0.390 e. The first-order valence-corrected chi connectivity index (χ1v) is 11.6. The predicted octanol–water partition coefficient (Wildman–Crippen LogP) is 3.93. The van der Waals surface area contributed by atoms with Crippen LogP contribution in [0.15, 0.2) is 0 Å². The van der Waals surface area contributed by atoms with E-state index in [0.29, 0.717) is 12.8 Å². The third kappa shape index (κ3) is 5.12. The van der Waals surface area contributed by atoms with Crippen LogP contribution in [0.5, 0.6) is 0 Å². The van der Waals surface area contributed by atoms with Gasteiger partial charge in [0.15, 0.2) is 0 Å². The number of amides is 2. The van der Waals surface area contributed by atoms with Crippen molar-refractivity contribution < 1.29 is 37.0 Å². The van der Waals surface area contributed by atoms with Crippen LogP contribution in [-0.2, 0) is 4.74 Å². The first-order chi connectivity index (χ1) is 15.3. The lowest BCUT2D eigenvalue weighted by Gasteiger charge is -2.43. The van der Waals surface area contributed by atoms with Gasteiger partial charge in [0.25, 0.3) is 11.8 Å². The molecule has 0 bridgehead atoms. The van der Waals surface area contributed by atoms with Crippen molar-refractivity contribution in [2.75, 3.05) is 38.2 Å². The van der Waals surface area contributed by atoms with E-state index in [0.717, 1.165) is 11.3 Å².